The van der Waals surface area contributed by atoms with Crippen molar-refractivity contribution in [1.82, 2.24) is 0 Å². The van der Waals surface area contributed by atoms with Gasteiger partial charge in [-0.25, -0.2) is 4.79 Å². The molecule has 128 valence electrons. The number of nitrogens with one attached hydrogen (secondary N) is 1. The highest BCUT2D eigenvalue weighted by Crippen LogP contribution is 2.28. The second kappa shape index (κ2) is 7.53. The molecule has 5 nitrogen and oxygen atoms in total. The van der Waals surface area contributed by atoms with Crippen molar-refractivity contribution in [2.45, 2.75) is 13.3 Å². The average molecular weight is 400 g/mol. The number of allylic oxidation sites excluding steroid dienone is 1. The summed E-state index contributed by atoms with van der Waals surface area (Å²) in [6.07, 6.45) is 0.550. The van der Waals surface area contributed by atoms with Crippen molar-refractivity contribution < 1.29 is 9.90 Å². The van der Waals surface area contributed by atoms with E-state index in [1.165, 1.54) is 0 Å². The molecule has 1 aliphatic heterocycles. The molecule has 25 heavy (non-hydrogen) atoms. The monoisotopic (exact) mass is 399 g/mol. The van der Waals surface area contributed by atoms with Gasteiger partial charge in [-0.1, -0.05) is 34.1 Å². The average Bonchev–Trinajstić information content (AvgIpc) is 2.61. The lowest BCUT2D eigenvalue weighted by Gasteiger charge is -2.31. The predicted octanol–water partition coefficient (Wildman–Crippen LogP) is 4.49. The third-order valence-corrected chi connectivity index (χ3v) is 4.60. The number of anilines is 2. The molecule has 2 N–H and O–H groups in total. The van der Waals surface area contributed by atoms with Crippen LogP contribution in [0.3, 0.4) is 0 Å². The van der Waals surface area contributed by atoms with Crippen molar-refractivity contribution in [3.8, 4) is 0 Å². The SMILES string of the molecule is CC1=C(C(=O)O)C(=NNc2ccccc2)CCN1c1ccc(Br)cc1. The molecule has 0 aliphatic carbocycles. The van der Waals surface area contributed by atoms with Crippen LogP contribution in [0.4, 0.5) is 11.4 Å². The van der Waals surface area contributed by atoms with E-state index in [0.29, 0.717) is 24.4 Å². The van der Waals surface area contributed by atoms with Crippen LogP contribution in [0.2, 0.25) is 0 Å². The maximum atomic E-state index is 11.8. The minimum absolute atomic E-state index is 0.248. The van der Waals surface area contributed by atoms with E-state index in [2.05, 4.69) is 26.5 Å². The minimum atomic E-state index is -0.965. The topological polar surface area (TPSA) is 64.9 Å². The lowest BCUT2D eigenvalue weighted by atomic mass is 9.99. The quantitative estimate of drug-likeness (QED) is 0.743. The van der Waals surface area contributed by atoms with E-state index in [-0.39, 0.29) is 5.57 Å². The molecule has 0 saturated carbocycles. The summed E-state index contributed by atoms with van der Waals surface area (Å²) in [6, 6.07) is 17.3. The number of halogens is 1. The maximum absolute atomic E-state index is 11.8. The van der Waals surface area contributed by atoms with Gasteiger partial charge >= 0.3 is 5.97 Å². The van der Waals surface area contributed by atoms with E-state index in [1.807, 2.05) is 66.4 Å². The highest BCUT2D eigenvalue weighted by atomic mass is 79.9. The second-order valence-electron chi connectivity index (χ2n) is 5.68. The van der Waals surface area contributed by atoms with Crippen molar-refractivity contribution >= 4 is 39.0 Å². The smallest absolute Gasteiger partial charge is 0.339 e. The molecule has 3 rings (SSSR count). The molecular weight excluding hydrogens is 382 g/mol. The Morgan fingerprint density at radius 2 is 1.84 bits per heavy atom. The molecule has 0 saturated heterocycles. The molecule has 0 fully saturated rings. The molecule has 2 aromatic rings. The molecule has 0 spiro atoms. The van der Waals surface area contributed by atoms with Crippen LogP contribution in [0, 0.1) is 0 Å². The summed E-state index contributed by atoms with van der Waals surface area (Å²) in [5.41, 5.74) is 6.24. The summed E-state index contributed by atoms with van der Waals surface area (Å²) >= 11 is 3.42. The van der Waals surface area contributed by atoms with E-state index < -0.39 is 5.97 Å². The first-order valence-corrected chi connectivity index (χ1v) is 8.71. The first kappa shape index (κ1) is 17.2. The van der Waals surface area contributed by atoms with E-state index in [0.717, 1.165) is 15.8 Å². The number of benzene rings is 2. The van der Waals surface area contributed by atoms with Crippen LogP contribution in [0.1, 0.15) is 13.3 Å². The molecular formula is C19H18BrN3O2. The van der Waals surface area contributed by atoms with Gasteiger partial charge in [-0.3, -0.25) is 5.43 Å². The van der Waals surface area contributed by atoms with Gasteiger partial charge in [0.2, 0.25) is 0 Å². The summed E-state index contributed by atoms with van der Waals surface area (Å²) in [4.78, 5) is 13.8. The number of carbonyl (C=O) groups is 1. The van der Waals surface area contributed by atoms with Gasteiger partial charge in [0.15, 0.2) is 0 Å². The molecule has 0 bridgehead atoms. The Hall–Kier alpha value is -2.60. The Kier molecular flexibility index (Phi) is 5.19. The molecule has 0 radical (unpaired) electrons. The number of nitrogens with zero attached hydrogens (tertiary/aromatic N) is 2. The number of carboxylic acid groups (broad SMARTS) is 1. The normalized spacial score (nSPS) is 16.2. The zero-order valence-electron chi connectivity index (χ0n) is 13.7. The van der Waals surface area contributed by atoms with Crippen LogP contribution in [-0.4, -0.2) is 23.3 Å². The predicted molar refractivity (Wildman–Crippen MR) is 104 cm³/mol. The van der Waals surface area contributed by atoms with Crippen molar-refractivity contribution in [3.05, 3.63) is 70.3 Å². The summed E-state index contributed by atoms with van der Waals surface area (Å²) in [5, 5.41) is 14.0. The number of rotatable bonds is 4. The molecule has 2 aromatic carbocycles. The Labute approximate surface area is 154 Å². The summed E-state index contributed by atoms with van der Waals surface area (Å²) in [5.74, 6) is -0.965. The molecule has 0 atom stereocenters. The summed E-state index contributed by atoms with van der Waals surface area (Å²) in [6.45, 7) is 2.50. The van der Waals surface area contributed by atoms with Gasteiger partial charge in [-0.15, -0.1) is 0 Å². The standard InChI is InChI=1S/C19H18BrN3O2/c1-13-18(19(24)25)17(22-21-15-5-3-2-4-6-15)11-12-23(13)16-9-7-14(20)8-10-16/h2-10,21H,11-12H2,1H3,(H,24,25). The van der Waals surface area contributed by atoms with Crippen LogP contribution in [-0.2, 0) is 4.79 Å². The zero-order chi connectivity index (χ0) is 17.8. The number of aliphatic carboxylic acids is 1. The molecule has 1 heterocycles. The molecule has 0 aromatic heterocycles. The van der Waals surface area contributed by atoms with Crippen LogP contribution in [0.5, 0.6) is 0 Å². The van der Waals surface area contributed by atoms with E-state index in [1.54, 1.807) is 0 Å². The number of hydrogen-bond acceptors (Lipinski definition) is 4. The Morgan fingerprint density at radius 3 is 2.48 bits per heavy atom. The van der Waals surface area contributed by atoms with Gasteiger partial charge in [0, 0.05) is 28.8 Å². The lowest BCUT2D eigenvalue weighted by Crippen LogP contribution is -2.34. The van der Waals surface area contributed by atoms with Gasteiger partial charge < -0.3 is 10.0 Å². The summed E-state index contributed by atoms with van der Waals surface area (Å²) < 4.78 is 0.989. The van der Waals surface area contributed by atoms with Crippen molar-refractivity contribution in [1.29, 1.82) is 0 Å². The Morgan fingerprint density at radius 1 is 1.16 bits per heavy atom. The van der Waals surface area contributed by atoms with Crippen LogP contribution < -0.4 is 10.3 Å². The molecule has 0 unspecified atom stereocenters. The van der Waals surface area contributed by atoms with Crippen LogP contribution >= 0.6 is 15.9 Å². The fourth-order valence-corrected chi connectivity index (χ4v) is 3.10. The van der Waals surface area contributed by atoms with E-state index in [4.69, 9.17) is 0 Å². The highest BCUT2D eigenvalue weighted by molar-refractivity contribution is 9.10. The Bertz CT molecular complexity index is 830. The fourth-order valence-electron chi connectivity index (χ4n) is 2.83. The van der Waals surface area contributed by atoms with Gasteiger partial charge in [-0.2, -0.15) is 5.10 Å². The van der Waals surface area contributed by atoms with Crippen molar-refractivity contribution in [2.75, 3.05) is 16.9 Å². The Balaban J connectivity index is 1.92. The zero-order valence-corrected chi connectivity index (χ0v) is 15.3. The number of carboxylic acids is 1. The molecule has 1 aliphatic rings. The first-order chi connectivity index (χ1) is 12.1. The third kappa shape index (κ3) is 3.91. The largest absolute Gasteiger partial charge is 0.478 e. The van der Waals surface area contributed by atoms with Crippen LogP contribution in [0.25, 0.3) is 0 Å². The van der Waals surface area contributed by atoms with Gasteiger partial charge in [0.1, 0.15) is 5.57 Å². The molecule has 6 heteroatoms. The fraction of sp³-hybridized carbons (Fsp3) is 0.158. The second-order valence-corrected chi connectivity index (χ2v) is 6.60. The lowest BCUT2D eigenvalue weighted by molar-refractivity contribution is -0.132. The van der Waals surface area contributed by atoms with Crippen molar-refractivity contribution in [2.24, 2.45) is 5.10 Å². The van der Waals surface area contributed by atoms with Gasteiger partial charge in [0.25, 0.3) is 0 Å². The van der Waals surface area contributed by atoms with Crippen molar-refractivity contribution in [3.63, 3.8) is 0 Å². The van der Waals surface area contributed by atoms with Crippen LogP contribution in [0.15, 0.2) is 75.4 Å². The number of para-hydroxylation sites is 1. The third-order valence-electron chi connectivity index (χ3n) is 4.07. The maximum Gasteiger partial charge on any atom is 0.339 e. The van der Waals surface area contributed by atoms with Gasteiger partial charge in [0.05, 0.1) is 11.4 Å². The highest BCUT2D eigenvalue weighted by Gasteiger charge is 2.27. The van der Waals surface area contributed by atoms with E-state index >= 15 is 0 Å². The molecule has 0 amide bonds. The number of hydrogen-bond donors (Lipinski definition) is 2. The van der Waals surface area contributed by atoms with Gasteiger partial charge in [-0.05, 0) is 43.3 Å². The number of hydrazone groups is 1. The minimum Gasteiger partial charge on any atom is -0.478 e. The first-order valence-electron chi connectivity index (χ1n) is 7.91. The van der Waals surface area contributed by atoms with E-state index in [9.17, 15) is 9.90 Å². The summed E-state index contributed by atoms with van der Waals surface area (Å²) in [7, 11) is 0.